The van der Waals surface area contributed by atoms with E-state index < -0.39 is 16.6 Å². The van der Waals surface area contributed by atoms with Gasteiger partial charge in [0.05, 0.1) is 18.2 Å². The summed E-state index contributed by atoms with van der Waals surface area (Å²) in [7, 11) is 1.64. The molecule has 0 radical (unpaired) electrons. The van der Waals surface area contributed by atoms with Crippen LogP contribution in [-0.4, -0.2) is 54.2 Å². The van der Waals surface area contributed by atoms with Crippen LogP contribution in [0.1, 0.15) is 114 Å². The quantitative estimate of drug-likeness (QED) is 0.156. The smallest absolute Gasteiger partial charge is 0.410 e. The van der Waals surface area contributed by atoms with Crippen molar-refractivity contribution in [3.63, 3.8) is 0 Å². The largest absolute Gasteiger partial charge is 0.497 e. The van der Waals surface area contributed by atoms with Crippen LogP contribution >= 0.6 is 0 Å². The highest BCUT2D eigenvalue weighted by molar-refractivity contribution is 6.06. The maximum absolute atomic E-state index is 14.2. The number of methoxy groups -OCH3 is 1. The van der Waals surface area contributed by atoms with E-state index in [-0.39, 0.29) is 23.9 Å². The molecule has 0 fully saturated rings. The maximum atomic E-state index is 14.2. The molecule has 0 aromatic heterocycles. The predicted molar refractivity (Wildman–Crippen MR) is 199 cm³/mol. The molecular formula is C42H56N2O6. The van der Waals surface area contributed by atoms with Crippen molar-refractivity contribution < 1.29 is 28.6 Å². The van der Waals surface area contributed by atoms with Gasteiger partial charge in [0.25, 0.3) is 5.91 Å². The van der Waals surface area contributed by atoms with E-state index in [2.05, 4.69) is 12.1 Å². The second-order valence-electron chi connectivity index (χ2n) is 15.9. The molecule has 270 valence electrons. The van der Waals surface area contributed by atoms with Crippen molar-refractivity contribution in [2.24, 2.45) is 5.41 Å². The standard InChI is InChI=1S/C42H56N2O6/c1-12-43(37(45)29-16-14-28(15-17-29)27-42(9,10)44(13-2)39(47)50-41(6,7)8)36-26-33(48-11)22-23-35(36)32-19-18-31-25-34(21-20-30(31)24-32)49-38(46)40(3,4)5/h14-17,20-23,25-26,32H,12-13,18-19,24,27H2,1-11H3. The van der Waals surface area contributed by atoms with Gasteiger partial charge in [0.1, 0.15) is 17.1 Å². The minimum absolute atomic E-state index is 0.0849. The number of carbonyl (C=O) groups excluding carboxylic acids is 3. The Morgan fingerprint density at radius 2 is 1.46 bits per heavy atom. The Balaban J connectivity index is 1.55. The Hall–Kier alpha value is -4.33. The number of fused-ring (bicyclic) bond motifs is 1. The molecule has 0 heterocycles. The zero-order valence-corrected chi connectivity index (χ0v) is 31.9. The van der Waals surface area contributed by atoms with Gasteiger partial charge in [-0.15, -0.1) is 0 Å². The summed E-state index contributed by atoms with van der Waals surface area (Å²) >= 11 is 0. The molecule has 2 amide bonds. The number of hydrogen-bond acceptors (Lipinski definition) is 6. The van der Waals surface area contributed by atoms with E-state index in [0.717, 1.165) is 36.1 Å². The van der Waals surface area contributed by atoms with Gasteiger partial charge >= 0.3 is 12.1 Å². The van der Waals surface area contributed by atoms with E-state index in [1.54, 1.807) is 12.0 Å². The van der Waals surface area contributed by atoms with Crippen LogP contribution in [0.15, 0.2) is 60.7 Å². The molecule has 8 nitrogen and oxygen atoms in total. The van der Waals surface area contributed by atoms with Crippen molar-refractivity contribution in [1.29, 1.82) is 0 Å². The SMILES string of the molecule is CCN(C(=O)c1ccc(CC(C)(C)N(CC)C(=O)OC(C)(C)C)cc1)c1cc(OC)ccc1C1CCc2cc(OC(=O)C(C)(C)C)ccc2C1. The molecule has 0 saturated carbocycles. The zero-order chi connectivity index (χ0) is 37.0. The molecule has 0 saturated heterocycles. The monoisotopic (exact) mass is 684 g/mol. The highest BCUT2D eigenvalue weighted by Gasteiger charge is 2.34. The van der Waals surface area contributed by atoms with E-state index in [1.807, 2.05) is 123 Å². The fraction of sp³-hybridized carbons (Fsp3) is 0.500. The Bertz CT molecular complexity index is 1680. The van der Waals surface area contributed by atoms with Gasteiger partial charge in [-0.3, -0.25) is 9.59 Å². The normalized spacial score (nSPS) is 14.7. The molecule has 1 aliphatic rings. The molecule has 0 N–H and O–H groups in total. The maximum Gasteiger partial charge on any atom is 0.410 e. The first-order chi connectivity index (χ1) is 23.4. The van der Waals surface area contributed by atoms with E-state index in [4.69, 9.17) is 14.2 Å². The van der Waals surface area contributed by atoms with Crippen LogP contribution in [0.3, 0.4) is 0 Å². The van der Waals surface area contributed by atoms with Crippen molar-refractivity contribution in [2.75, 3.05) is 25.1 Å². The van der Waals surface area contributed by atoms with E-state index in [9.17, 15) is 14.4 Å². The molecule has 0 aliphatic heterocycles. The fourth-order valence-electron chi connectivity index (χ4n) is 6.61. The number of amides is 2. The number of nitrogens with zero attached hydrogens (tertiary/aromatic N) is 2. The molecule has 1 aliphatic carbocycles. The number of rotatable bonds is 10. The Morgan fingerprint density at radius 3 is 2.04 bits per heavy atom. The van der Waals surface area contributed by atoms with Crippen LogP contribution in [0.2, 0.25) is 0 Å². The summed E-state index contributed by atoms with van der Waals surface area (Å²) in [6, 6.07) is 19.7. The number of anilines is 1. The summed E-state index contributed by atoms with van der Waals surface area (Å²) in [5.74, 6) is 1.13. The van der Waals surface area contributed by atoms with Crippen LogP contribution in [-0.2, 0) is 28.8 Å². The van der Waals surface area contributed by atoms with Crippen molar-refractivity contribution in [3.05, 3.63) is 88.5 Å². The molecule has 1 unspecified atom stereocenters. The van der Waals surface area contributed by atoms with Crippen LogP contribution in [0.5, 0.6) is 11.5 Å². The lowest BCUT2D eigenvalue weighted by Gasteiger charge is -2.39. The first-order valence-electron chi connectivity index (χ1n) is 17.8. The van der Waals surface area contributed by atoms with Gasteiger partial charge in [0, 0.05) is 30.3 Å². The second kappa shape index (κ2) is 15.3. The summed E-state index contributed by atoms with van der Waals surface area (Å²) in [6.45, 7) is 20.2. The molecule has 1 atom stereocenters. The lowest BCUT2D eigenvalue weighted by molar-refractivity contribution is -0.143. The van der Waals surface area contributed by atoms with Crippen LogP contribution in [0, 0.1) is 5.41 Å². The van der Waals surface area contributed by atoms with Crippen molar-refractivity contribution in [3.8, 4) is 11.5 Å². The van der Waals surface area contributed by atoms with Crippen LogP contribution < -0.4 is 14.4 Å². The van der Waals surface area contributed by atoms with Gasteiger partial charge in [-0.05, 0) is 153 Å². The Kier molecular flexibility index (Phi) is 11.8. The molecule has 0 spiro atoms. The Labute approximate surface area is 299 Å². The number of ether oxygens (including phenoxy) is 3. The van der Waals surface area contributed by atoms with Crippen molar-refractivity contribution in [1.82, 2.24) is 4.90 Å². The molecular weight excluding hydrogens is 628 g/mol. The summed E-state index contributed by atoms with van der Waals surface area (Å²) < 4.78 is 17.0. The molecule has 3 aromatic carbocycles. The van der Waals surface area contributed by atoms with Crippen LogP contribution in [0.25, 0.3) is 0 Å². The van der Waals surface area contributed by atoms with Gasteiger partial charge < -0.3 is 24.0 Å². The first kappa shape index (κ1) is 38.5. The third-order valence-corrected chi connectivity index (χ3v) is 9.26. The summed E-state index contributed by atoms with van der Waals surface area (Å²) in [4.78, 5) is 43.2. The zero-order valence-electron chi connectivity index (χ0n) is 31.9. The number of esters is 1. The number of aryl methyl sites for hydroxylation is 1. The molecule has 0 bridgehead atoms. The summed E-state index contributed by atoms with van der Waals surface area (Å²) in [6.07, 6.45) is 2.83. The van der Waals surface area contributed by atoms with Gasteiger partial charge in [0.2, 0.25) is 0 Å². The van der Waals surface area contributed by atoms with Gasteiger partial charge in [-0.2, -0.15) is 0 Å². The third-order valence-electron chi connectivity index (χ3n) is 9.26. The van der Waals surface area contributed by atoms with Gasteiger partial charge in [0.15, 0.2) is 0 Å². The average molecular weight is 685 g/mol. The van der Waals surface area contributed by atoms with Crippen LogP contribution in [0.4, 0.5) is 10.5 Å². The second-order valence-corrected chi connectivity index (χ2v) is 15.9. The lowest BCUT2D eigenvalue weighted by atomic mass is 9.79. The highest BCUT2D eigenvalue weighted by atomic mass is 16.6. The lowest BCUT2D eigenvalue weighted by Crippen LogP contribution is -2.50. The topological polar surface area (TPSA) is 85.4 Å². The molecule has 8 heteroatoms. The highest BCUT2D eigenvalue weighted by Crippen LogP contribution is 2.40. The first-order valence-corrected chi connectivity index (χ1v) is 17.8. The number of carbonyl (C=O) groups is 3. The average Bonchev–Trinajstić information content (AvgIpc) is 3.03. The van der Waals surface area contributed by atoms with Crippen molar-refractivity contribution >= 4 is 23.7 Å². The number of likely N-dealkylation sites (N-methyl/N-ethyl adjacent to an activating group) is 1. The summed E-state index contributed by atoms with van der Waals surface area (Å²) in [5.41, 5.74) is 4.33. The Morgan fingerprint density at radius 1 is 0.800 bits per heavy atom. The summed E-state index contributed by atoms with van der Waals surface area (Å²) in [5, 5.41) is 0. The molecule has 50 heavy (non-hydrogen) atoms. The van der Waals surface area contributed by atoms with E-state index in [1.165, 1.54) is 11.1 Å². The minimum atomic E-state index is -0.578. The minimum Gasteiger partial charge on any atom is -0.497 e. The van der Waals surface area contributed by atoms with Crippen molar-refractivity contribution in [2.45, 2.75) is 112 Å². The molecule has 3 aromatic rings. The molecule has 4 rings (SSSR count). The van der Waals surface area contributed by atoms with Gasteiger partial charge in [-0.1, -0.05) is 24.3 Å². The third kappa shape index (κ3) is 9.26. The van der Waals surface area contributed by atoms with E-state index >= 15 is 0 Å². The predicted octanol–water partition coefficient (Wildman–Crippen LogP) is 9.16. The number of benzene rings is 3. The van der Waals surface area contributed by atoms with Gasteiger partial charge in [-0.25, -0.2) is 4.79 Å². The van der Waals surface area contributed by atoms with E-state index in [0.29, 0.717) is 36.6 Å². The number of hydrogen-bond donors (Lipinski definition) is 0. The fourth-order valence-corrected chi connectivity index (χ4v) is 6.61.